The molecule has 0 aliphatic rings. The molecule has 3 heterocycles. The van der Waals surface area contributed by atoms with Gasteiger partial charge in [-0.05, 0) is 53.6 Å². The second kappa shape index (κ2) is 8.63. The van der Waals surface area contributed by atoms with Crippen molar-refractivity contribution in [1.29, 1.82) is 0 Å². The number of benzene rings is 2. The number of fused-ring (bicyclic) bond motifs is 1. The van der Waals surface area contributed by atoms with Gasteiger partial charge in [-0.25, -0.2) is 9.07 Å². The minimum atomic E-state index is -0.271. The smallest absolute Gasteiger partial charge is 0.272 e. The van der Waals surface area contributed by atoms with Crippen molar-refractivity contribution in [2.45, 2.75) is 6.54 Å². The van der Waals surface area contributed by atoms with Gasteiger partial charge in [0.15, 0.2) is 5.69 Å². The summed E-state index contributed by atoms with van der Waals surface area (Å²) in [5, 5.41) is 7.36. The van der Waals surface area contributed by atoms with Crippen LogP contribution in [0.2, 0.25) is 0 Å². The maximum atomic E-state index is 13.3. The van der Waals surface area contributed by atoms with Gasteiger partial charge in [0.1, 0.15) is 17.4 Å². The third kappa shape index (κ3) is 4.08. The SMILES string of the molecule is COc1ccccc1CNC(=O)c1ccn(-c2ccc3ccc(-c4ccc(F)cc4)cn23)n1. The largest absolute Gasteiger partial charge is 0.496 e. The third-order valence-electron chi connectivity index (χ3n) is 5.50. The molecule has 0 saturated carbocycles. The minimum Gasteiger partial charge on any atom is -0.496 e. The van der Waals surface area contributed by atoms with Crippen molar-refractivity contribution in [3.8, 4) is 22.7 Å². The van der Waals surface area contributed by atoms with Crippen LogP contribution < -0.4 is 10.1 Å². The molecule has 164 valence electrons. The highest BCUT2D eigenvalue weighted by Gasteiger charge is 2.13. The van der Waals surface area contributed by atoms with Crippen molar-refractivity contribution in [2.75, 3.05) is 7.11 Å². The third-order valence-corrected chi connectivity index (χ3v) is 5.50. The quantitative estimate of drug-likeness (QED) is 0.410. The van der Waals surface area contributed by atoms with E-state index in [2.05, 4.69) is 10.4 Å². The van der Waals surface area contributed by atoms with Gasteiger partial charge in [-0.3, -0.25) is 4.79 Å². The first kappa shape index (κ1) is 20.5. The number of nitrogens with one attached hydrogen (secondary N) is 1. The lowest BCUT2D eigenvalue weighted by Crippen LogP contribution is -2.23. The highest BCUT2D eigenvalue weighted by molar-refractivity contribution is 5.92. The summed E-state index contributed by atoms with van der Waals surface area (Å²) in [6, 6.07) is 23.5. The summed E-state index contributed by atoms with van der Waals surface area (Å²) in [5.74, 6) is 0.972. The number of amides is 1. The first-order chi connectivity index (χ1) is 16.1. The molecule has 33 heavy (non-hydrogen) atoms. The number of carbonyl (C=O) groups is 1. The van der Waals surface area contributed by atoms with E-state index in [9.17, 15) is 9.18 Å². The van der Waals surface area contributed by atoms with E-state index in [1.165, 1.54) is 12.1 Å². The van der Waals surface area contributed by atoms with Crippen LogP contribution in [-0.2, 0) is 6.54 Å². The fourth-order valence-corrected chi connectivity index (χ4v) is 3.77. The van der Waals surface area contributed by atoms with Crippen LogP contribution in [0.5, 0.6) is 5.75 Å². The number of nitrogens with zero attached hydrogens (tertiary/aromatic N) is 3. The van der Waals surface area contributed by atoms with Gasteiger partial charge < -0.3 is 14.5 Å². The summed E-state index contributed by atoms with van der Waals surface area (Å²) in [7, 11) is 1.60. The molecule has 5 aromatic rings. The zero-order valence-corrected chi connectivity index (χ0v) is 17.9. The fourth-order valence-electron chi connectivity index (χ4n) is 3.77. The van der Waals surface area contributed by atoms with Gasteiger partial charge in [-0.1, -0.05) is 36.4 Å². The molecule has 2 aromatic carbocycles. The number of rotatable bonds is 6. The molecule has 0 fully saturated rings. The van der Waals surface area contributed by atoms with E-state index in [-0.39, 0.29) is 11.7 Å². The van der Waals surface area contributed by atoms with Crippen LogP contribution in [0.15, 0.2) is 91.3 Å². The van der Waals surface area contributed by atoms with E-state index in [4.69, 9.17) is 4.74 Å². The van der Waals surface area contributed by atoms with E-state index in [0.717, 1.165) is 33.8 Å². The number of halogens is 1. The lowest BCUT2D eigenvalue weighted by molar-refractivity contribution is 0.0945. The van der Waals surface area contributed by atoms with E-state index in [1.54, 1.807) is 36.2 Å². The molecule has 0 aliphatic heterocycles. The van der Waals surface area contributed by atoms with Crippen LogP contribution in [0.25, 0.3) is 22.5 Å². The molecule has 5 rings (SSSR count). The Morgan fingerprint density at radius 1 is 0.970 bits per heavy atom. The summed E-state index contributed by atoms with van der Waals surface area (Å²) >= 11 is 0. The Hall–Kier alpha value is -4.39. The summed E-state index contributed by atoms with van der Waals surface area (Å²) in [4.78, 5) is 12.7. The molecule has 0 unspecified atom stereocenters. The second-order valence-electron chi connectivity index (χ2n) is 7.55. The molecule has 0 atom stereocenters. The molecule has 0 saturated heterocycles. The van der Waals surface area contributed by atoms with E-state index in [0.29, 0.717) is 12.2 Å². The van der Waals surface area contributed by atoms with Gasteiger partial charge in [0.25, 0.3) is 5.91 Å². The van der Waals surface area contributed by atoms with Crippen molar-refractivity contribution in [3.63, 3.8) is 0 Å². The van der Waals surface area contributed by atoms with Crippen molar-refractivity contribution in [1.82, 2.24) is 19.5 Å². The van der Waals surface area contributed by atoms with Crippen LogP contribution in [0, 0.1) is 5.82 Å². The Bertz CT molecular complexity index is 1440. The molecule has 0 aliphatic carbocycles. The van der Waals surface area contributed by atoms with Crippen molar-refractivity contribution in [2.24, 2.45) is 0 Å². The Labute approximate surface area is 189 Å². The highest BCUT2D eigenvalue weighted by Crippen LogP contribution is 2.23. The zero-order valence-electron chi connectivity index (χ0n) is 17.9. The van der Waals surface area contributed by atoms with Crippen LogP contribution in [0.4, 0.5) is 4.39 Å². The molecule has 0 spiro atoms. The molecular formula is C26H21FN4O2. The Kier molecular flexibility index (Phi) is 5.36. The topological polar surface area (TPSA) is 60.6 Å². The lowest BCUT2D eigenvalue weighted by Gasteiger charge is -2.09. The van der Waals surface area contributed by atoms with Gasteiger partial charge in [0.2, 0.25) is 0 Å². The predicted molar refractivity (Wildman–Crippen MR) is 124 cm³/mol. The number of ether oxygens (including phenoxy) is 1. The first-order valence-corrected chi connectivity index (χ1v) is 10.5. The van der Waals surface area contributed by atoms with Crippen molar-refractivity contribution >= 4 is 11.4 Å². The predicted octanol–water partition coefficient (Wildman–Crippen LogP) is 4.87. The minimum absolute atomic E-state index is 0.269. The van der Waals surface area contributed by atoms with Crippen LogP contribution in [0.3, 0.4) is 0 Å². The molecule has 6 nitrogen and oxygen atoms in total. The van der Waals surface area contributed by atoms with E-state index in [1.807, 2.05) is 59.1 Å². The van der Waals surface area contributed by atoms with Crippen LogP contribution in [-0.4, -0.2) is 27.2 Å². The van der Waals surface area contributed by atoms with Crippen molar-refractivity contribution in [3.05, 3.63) is 108 Å². The number of hydrogen-bond acceptors (Lipinski definition) is 3. The number of pyridine rings is 1. The first-order valence-electron chi connectivity index (χ1n) is 10.5. The van der Waals surface area contributed by atoms with Gasteiger partial charge in [0, 0.05) is 30.0 Å². The van der Waals surface area contributed by atoms with Gasteiger partial charge in [0.05, 0.1) is 7.11 Å². The van der Waals surface area contributed by atoms with E-state index >= 15 is 0 Å². The normalized spacial score (nSPS) is 11.0. The Balaban J connectivity index is 1.38. The Morgan fingerprint density at radius 3 is 2.55 bits per heavy atom. The standard InChI is InChI=1S/C26H21FN4O2/c1-33-24-5-3-2-4-19(24)16-28-26(32)23-14-15-31(29-23)25-13-12-22-11-8-20(17-30(22)25)18-6-9-21(27)10-7-18/h2-15,17H,16H2,1H3,(H,28,32). The number of para-hydroxylation sites is 1. The number of hydrogen-bond donors (Lipinski definition) is 1. The summed E-state index contributed by atoms with van der Waals surface area (Å²) in [5.41, 5.74) is 4.04. The average molecular weight is 440 g/mol. The highest BCUT2D eigenvalue weighted by atomic mass is 19.1. The van der Waals surface area contributed by atoms with Crippen LogP contribution >= 0.6 is 0 Å². The summed E-state index contributed by atoms with van der Waals surface area (Å²) in [6.45, 7) is 0.338. The monoisotopic (exact) mass is 440 g/mol. The zero-order chi connectivity index (χ0) is 22.8. The molecular weight excluding hydrogens is 419 g/mol. The van der Waals surface area contributed by atoms with E-state index < -0.39 is 0 Å². The Morgan fingerprint density at radius 2 is 1.73 bits per heavy atom. The second-order valence-corrected chi connectivity index (χ2v) is 7.55. The fraction of sp³-hybridized carbons (Fsp3) is 0.0769. The molecule has 0 bridgehead atoms. The lowest BCUT2D eigenvalue weighted by atomic mass is 10.1. The molecule has 1 N–H and O–H groups in total. The summed E-state index contributed by atoms with van der Waals surface area (Å²) in [6.07, 6.45) is 3.73. The number of carbonyl (C=O) groups excluding carboxylic acids is 1. The number of methoxy groups -OCH3 is 1. The average Bonchev–Trinajstić information content (AvgIpc) is 3.50. The number of aromatic nitrogens is 3. The van der Waals surface area contributed by atoms with Gasteiger partial charge in [-0.2, -0.15) is 5.10 Å². The molecule has 1 amide bonds. The molecule has 7 heteroatoms. The van der Waals surface area contributed by atoms with Gasteiger partial charge in [-0.15, -0.1) is 0 Å². The summed E-state index contributed by atoms with van der Waals surface area (Å²) < 4.78 is 22.3. The van der Waals surface area contributed by atoms with Crippen LogP contribution in [0.1, 0.15) is 16.1 Å². The molecule has 0 radical (unpaired) electrons. The van der Waals surface area contributed by atoms with Crippen molar-refractivity contribution < 1.29 is 13.9 Å². The maximum absolute atomic E-state index is 13.3. The molecule has 3 aromatic heterocycles. The maximum Gasteiger partial charge on any atom is 0.272 e. The van der Waals surface area contributed by atoms with Gasteiger partial charge >= 0.3 is 0 Å².